The molecule has 1 rings (SSSR count). The molecule has 1 heterocycles. The number of rotatable bonds is 7. The normalized spacial score (nSPS) is 25.4. The topological polar surface area (TPSA) is 55.8 Å². The summed E-state index contributed by atoms with van der Waals surface area (Å²) in [6, 6.07) is 0. The van der Waals surface area contributed by atoms with E-state index in [1.165, 1.54) is 6.08 Å². The van der Waals surface area contributed by atoms with E-state index >= 15 is 0 Å². The lowest BCUT2D eigenvalue weighted by molar-refractivity contribution is -0.153. The molecule has 1 aliphatic rings. The number of hydrogen-bond acceptors (Lipinski definition) is 4. The number of halogens is 1. The van der Waals surface area contributed by atoms with Crippen LogP contribution in [0, 0.1) is 5.41 Å². The summed E-state index contributed by atoms with van der Waals surface area (Å²) in [5.74, 6) is -0.154. The average molecular weight is 410 g/mol. The maximum Gasteiger partial charge on any atom is 0.311 e. The Kier molecular flexibility index (Phi) is 7.64. The number of carbonyl (C=O) groups excluding carboxylic acids is 1. The molecule has 1 unspecified atom stereocenters. The largest absolute Gasteiger partial charge is 0.465 e. The number of carbonyl (C=O) groups is 1. The summed E-state index contributed by atoms with van der Waals surface area (Å²) in [5, 5.41) is 9.71. The first kappa shape index (κ1) is 18.9. The van der Waals surface area contributed by atoms with E-state index < -0.39 is 11.5 Å². The zero-order valence-corrected chi connectivity index (χ0v) is 15.3. The van der Waals surface area contributed by atoms with E-state index in [4.69, 9.17) is 9.47 Å². The highest BCUT2D eigenvalue weighted by atomic mass is 127. The highest BCUT2D eigenvalue weighted by Gasteiger charge is 2.33. The highest BCUT2D eigenvalue weighted by Crippen LogP contribution is 2.30. The highest BCUT2D eigenvalue weighted by molar-refractivity contribution is 14.1. The SMILES string of the molecule is C=C[C@H](O)[C@@H]1CC[C@@H](C(I)CCCOC(=O)C(C)(C)C)O1. The van der Waals surface area contributed by atoms with Crippen LogP contribution in [0.4, 0.5) is 0 Å². The Morgan fingerprint density at radius 1 is 1.48 bits per heavy atom. The Bertz CT molecular complexity index is 351. The number of esters is 1. The van der Waals surface area contributed by atoms with E-state index in [1.54, 1.807) is 0 Å². The van der Waals surface area contributed by atoms with Gasteiger partial charge in [0.15, 0.2) is 0 Å². The van der Waals surface area contributed by atoms with Crippen LogP contribution in [0.3, 0.4) is 0 Å². The van der Waals surface area contributed by atoms with Gasteiger partial charge in [-0.2, -0.15) is 0 Å². The second-order valence-corrected chi connectivity index (χ2v) is 8.16. The fourth-order valence-electron chi connectivity index (χ4n) is 2.20. The molecule has 1 saturated heterocycles. The van der Waals surface area contributed by atoms with Crippen molar-refractivity contribution in [3.63, 3.8) is 0 Å². The molecule has 21 heavy (non-hydrogen) atoms. The summed E-state index contributed by atoms with van der Waals surface area (Å²) in [5.41, 5.74) is -0.438. The van der Waals surface area contributed by atoms with Gasteiger partial charge in [-0.15, -0.1) is 6.58 Å². The lowest BCUT2D eigenvalue weighted by Crippen LogP contribution is -2.28. The Balaban J connectivity index is 2.22. The van der Waals surface area contributed by atoms with Crippen molar-refractivity contribution in [2.75, 3.05) is 6.61 Å². The summed E-state index contributed by atoms with van der Waals surface area (Å²) in [7, 11) is 0. The summed E-state index contributed by atoms with van der Waals surface area (Å²) in [4.78, 5) is 11.6. The van der Waals surface area contributed by atoms with Gasteiger partial charge in [0, 0.05) is 3.92 Å². The van der Waals surface area contributed by atoms with Gasteiger partial charge < -0.3 is 14.6 Å². The predicted octanol–water partition coefficient (Wildman–Crippen LogP) is 3.25. The van der Waals surface area contributed by atoms with Crippen molar-refractivity contribution in [2.24, 2.45) is 5.41 Å². The maximum absolute atomic E-state index is 11.6. The zero-order valence-electron chi connectivity index (χ0n) is 13.2. The Morgan fingerprint density at radius 3 is 2.67 bits per heavy atom. The molecule has 1 fully saturated rings. The standard InChI is InChI=1S/C16H27IO4/c1-5-12(18)14-9-8-13(21-14)11(17)7-6-10-20-15(19)16(2,3)4/h5,11-14,18H,1,6-10H2,2-4H3/t11?,12-,13-,14-/m0/s1. The summed E-state index contributed by atoms with van der Waals surface area (Å²) >= 11 is 2.39. The van der Waals surface area contributed by atoms with E-state index in [0.717, 1.165) is 25.7 Å². The first-order chi connectivity index (χ1) is 9.75. The van der Waals surface area contributed by atoms with Gasteiger partial charge in [-0.3, -0.25) is 4.79 Å². The van der Waals surface area contributed by atoms with Crippen LogP contribution in [0.1, 0.15) is 46.5 Å². The monoisotopic (exact) mass is 410 g/mol. The maximum atomic E-state index is 11.6. The average Bonchev–Trinajstić information content (AvgIpc) is 2.90. The van der Waals surface area contributed by atoms with Crippen molar-refractivity contribution in [3.8, 4) is 0 Å². The molecule has 4 nitrogen and oxygen atoms in total. The number of hydrogen-bond donors (Lipinski definition) is 1. The first-order valence-electron chi connectivity index (χ1n) is 7.53. The van der Waals surface area contributed by atoms with Gasteiger partial charge in [0.1, 0.15) is 0 Å². The van der Waals surface area contributed by atoms with Crippen molar-refractivity contribution in [1.29, 1.82) is 0 Å². The van der Waals surface area contributed by atoms with Crippen LogP contribution >= 0.6 is 22.6 Å². The Morgan fingerprint density at radius 2 is 2.10 bits per heavy atom. The molecule has 0 aromatic rings. The Hall–Kier alpha value is -0.140. The molecule has 122 valence electrons. The van der Waals surface area contributed by atoms with Crippen LogP contribution in [-0.4, -0.2) is 39.9 Å². The van der Waals surface area contributed by atoms with Gasteiger partial charge in [0.25, 0.3) is 0 Å². The molecule has 0 bridgehead atoms. The van der Waals surface area contributed by atoms with Crippen LogP contribution in [0.15, 0.2) is 12.7 Å². The van der Waals surface area contributed by atoms with Gasteiger partial charge in [0.2, 0.25) is 0 Å². The van der Waals surface area contributed by atoms with Crippen molar-refractivity contribution in [3.05, 3.63) is 12.7 Å². The quantitative estimate of drug-likeness (QED) is 0.230. The summed E-state index contributed by atoms with van der Waals surface area (Å²) in [6.07, 6.45) is 4.62. The van der Waals surface area contributed by atoms with Crippen molar-refractivity contribution >= 4 is 28.6 Å². The van der Waals surface area contributed by atoms with Gasteiger partial charge in [-0.05, 0) is 46.5 Å². The minimum Gasteiger partial charge on any atom is -0.465 e. The van der Waals surface area contributed by atoms with E-state index in [9.17, 15) is 9.90 Å². The van der Waals surface area contributed by atoms with Gasteiger partial charge in [-0.25, -0.2) is 0 Å². The second-order valence-electron chi connectivity index (χ2n) is 6.56. The molecule has 0 radical (unpaired) electrons. The Labute approximate surface area is 141 Å². The van der Waals surface area contributed by atoms with E-state index in [1.807, 2.05) is 20.8 Å². The second kappa shape index (κ2) is 8.48. The van der Waals surface area contributed by atoms with Crippen molar-refractivity contribution in [2.45, 2.75) is 68.7 Å². The molecule has 5 heteroatoms. The first-order valence-corrected chi connectivity index (χ1v) is 8.77. The van der Waals surface area contributed by atoms with Crippen molar-refractivity contribution in [1.82, 2.24) is 0 Å². The van der Waals surface area contributed by atoms with E-state index in [0.29, 0.717) is 10.5 Å². The van der Waals surface area contributed by atoms with Gasteiger partial charge in [-0.1, -0.05) is 28.7 Å². The molecular formula is C16H27IO4. The lowest BCUT2D eigenvalue weighted by atomic mass is 9.97. The van der Waals surface area contributed by atoms with Crippen LogP contribution in [-0.2, 0) is 14.3 Å². The minimum atomic E-state index is -0.577. The summed E-state index contributed by atoms with van der Waals surface area (Å²) < 4.78 is 11.5. The van der Waals surface area contributed by atoms with Crippen LogP contribution in [0.25, 0.3) is 0 Å². The van der Waals surface area contributed by atoms with Crippen LogP contribution < -0.4 is 0 Å². The smallest absolute Gasteiger partial charge is 0.311 e. The third kappa shape index (κ3) is 6.24. The molecule has 0 amide bonds. The fraction of sp³-hybridized carbons (Fsp3) is 0.812. The van der Waals surface area contributed by atoms with Gasteiger partial charge in [0.05, 0.1) is 30.3 Å². The number of ether oxygens (including phenoxy) is 2. The van der Waals surface area contributed by atoms with Gasteiger partial charge >= 0.3 is 5.97 Å². The fourth-order valence-corrected chi connectivity index (χ4v) is 3.17. The molecule has 0 aromatic heterocycles. The molecule has 1 aliphatic heterocycles. The molecule has 0 aliphatic carbocycles. The van der Waals surface area contributed by atoms with E-state index in [-0.39, 0.29) is 18.2 Å². The number of aliphatic hydroxyl groups is 1. The molecule has 4 atom stereocenters. The molecule has 0 spiro atoms. The third-order valence-electron chi connectivity index (χ3n) is 3.58. The molecular weight excluding hydrogens is 383 g/mol. The van der Waals surface area contributed by atoms with Crippen LogP contribution in [0.5, 0.6) is 0 Å². The molecule has 0 aromatic carbocycles. The number of alkyl halides is 1. The zero-order chi connectivity index (χ0) is 16.0. The van der Waals surface area contributed by atoms with Crippen molar-refractivity contribution < 1.29 is 19.4 Å². The minimum absolute atomic E-state index is 0.122. The third-order valence-corrected chi connectivity index (χ3v) is 5.01. The van der Waals surface area contributed by atoms with E-state index in [2.05, 4.69) is 29.2 Å². The van der Waals surface area contributed by atoms with Crippen LogP contribution in [0.2, 0.25) is 0 Å². The predicted molar refractivity (Wildman–Crippen MR) is 91.6 cm³/mol. The summed E-state index contributed by atoms with van der Waals surface area (Å²) in [6.45, 7) is 9.62. The molecule has 0 saturated carbocycles. The lowest BCUT2D eigenvalue weighted by Gasteiger charge is -2.21. The number of aliphatic hydroxyl groups excluding tert-OH is 1. The molecule has 1 N–H and O–H groups in total.